The number of hydrogen-bond acceptors (Lipinski definition) is 8. The molecule has 0 aromatic rings. The fourth-order valence-electron chi connectivity index (χ4n) is 1.96. The molecule has 25 heavy (non-hydrogen) atoms. The zero-order valence-corrected chi connectivity index (χ0v) is 15.2. The van der Waals surface area contributed by atoms with E-state index in [1.165, 1.54) is 0 Å². The van der Waals surface area contributed by atoms with E-state index in [2.05, 4.69) is 0 Å². The van der Waals surface area contributed by atoms with Crippen molar-refractivity contribution in [1.29, 1.82) is 0 Å². The van der Waals surface area contributed by atoms with Crippen LogP contribution in [0.25, 0.3) is 0 Å². The van der Waals surface area contributed by atoms with Crippen LogP contribution < -0.4 is 0 Å². The Bertz CT molecular complexity index is 432. The van der Waals surface area contributed by atoms with Gasteiger partial charge >= 0.3 is 23.9 Å². The Morgan fingerprint density at radius 1 is 0.760 bits per heavy atom. The zero-order chi connectivity index (χ0) is 19.1. The summed E-state index contributed by atoms with van der Waals surface area (Å²) in [6.45, 7) is 5.51. The average Bonchev–Trinajstić information content (AvgIpc) is 2.58. The van der Waals surface area contributed by atoms with Crippen LogP contribution in [0.15, 0.2) is 0 Å². The minimum Gasteiger partial charge on any atom is -0.466 e. The first kappa shape index (κ1) is 22.9. The molecule has 0 bridgehead atoms. The van der Waals surface area contributed by atoms with E-state index in [1.54, 1.807) is 20.8 Å². The summed E-state index contributed by atoms with van der Waals surface area (Å²) >= 11 is 0. The van der Waals surface area contributed by atoms with Gasteiger partial charge in [-0.2, -0.15) is 0 Å². The number of carbonyl (C=O) groups is 4. The van der Waals surface area contributed by atoms with Gasteiger partial charge in [0.05, 0.1) is 25.6 Å². The molecule has 1 atom stereocenters. The molecule has 0 aliphatic heterocycles. The predicted molar refractivity (Wildman–Crippen MR) is 87.4 cm³/mol. The molecule has 0 radical (unpaired) electrons. The molecule has 0 rings (SSSR count). The molecule has 0 aromatic heterocycles. The minimum absolute atomic E-state index is 0.00525. The Balaban J connectivity index is 4.13. The van der Waals surface area contributed by atoms with Crippen molar-refractivity contribution in [3.63, 3.8) is 0 Å². The predicted octanol–water partition coefficient (Wildman–Crippen LogP) is 1.79. The van der Waals surface area contributed by atoms with Crippen LogP contribution in [0.1, 0.15) is 52.9 Å². The van der Waals surface area contributed by atoms with Gasteiger partial charge in [0.2, 0.25) is 0 Å². The monoisotopic (exact) mass is 360 g/mol. The molecule has 0 N–H and O–H groups in total. The Morgan fingerprint density at radius 3 is 1.92 bits per heavy atom. The van der Waals surface area contributed by atoms with Crippen LogP contribution in [-0.2, 0) is 38.1 Å². The maximum absolute atomic E-state index is 11.9. The van der Waals surface area contributed by atoms with E-state index in [0.29, 0.717) is 12.8 Å². The summed E-state index contributed by atoms with van der Waals surface area (Å²) in [7, 11) is 0. The smallest absolute Gasteiger partial charge is 0.309 e. The molecule has 0 aliphatic carbocycles. The lowest BCUT2D eigenvalue weighted by molar-refractivity contribution is -0.155. The minimum atomic E-state index is -0.641. The Hall–Kier alpha value is -2.12. The van der Waals surface area contributed by atoms with Crippen molar-refractivity contribution in [2.45, 2.75) is 52.9 Å². The van der Waals surface area contributed by atoms with E-state index in [-0.39, 0.29) is 51.7 Å². The molecule has 0 heterocycles. The first-order valence-electron chi connectivity index (χ1n) is 8.57. The third-order valence-electron chi connectivity index (χ3n) is 3.17. The van der Waals surface area contributed by atoms with Crippen LogP contribution in [0, 0.1) is 5.92 Å². The molecule has 0 aliphatic rings. The molecule has 0 saturated heterocycles. The summed E-state index contributed by atoms with van der Waals surface area (Å²) in [5.41, 5.74) is 0. The largest absolute Gasteiger partial charge is 0.466 e. The lowest BCUT2D eigenvalue weighted by Gasteiger charge is -2.14. The van der Waals surface area contributed by atoms with Crippen molar-refractivity contribution in [2.75, 3.05) is 26.4 Å². The summed E-state index contributed by atoms with van der Waals surface area (Å²) in [6.07, 6.45) is 0.979. The van der Waals surface area contributed by atoms with Gasteiger partial charge in [-0.25, -0.2) is 0 Å². The summed E-state index contributed by atoms with van der Waals surface area (Å²) in [5, 5.41) is 0. The third-order valence-corrected chi connectivity index (χ3v) is 3.17. The van der Waals surface area contributed by atoms with Gasteiger partial charge < -0.3 is 18.9 Å². The van der Waals surface area contributed by atoms with Crippen LogP contribution in [0.2, 0.25) is 0 Å². The van der Waals surface area contributed by atoms with Crippen LogP contribution in [-0.4, -0.2) is 50.3 Å². The molecule has 8 nitrogen and oxygen atoms in total. The normalized spacial score (nSPS) is 11.3. The Morgan fingerprint density at radius 2 is 1.36 bits per heavy atom. The topological polar surface area (TPSA) is 105 Å². The fraction of sp³-hybridized carbons (Fsp3) is 0.765. The van der Waals surface area contributed by atoms with Gasteiger partial charge in [-0.15, -0.1) is 0 Å². The maximum atomic E-state index is 11.9. The second kappa shape index (κ2) is 14.2. The van der Waals surface area contributed by atoms with E-state index in [1.807, 2.05) is 0 Å². The van der Waals surface area contributed by atoms with E-state index in [4.69, 9.17) is 18.9 Å². The average molecular weight is 360 g/mol. The summed E-state index contributed by atoms with van der Waals surface area (Å²) in [4.78, 5) is 45.9. The summed E-state index contributed by atoms with van der Waals surface area (Å²) in [6, 6.07) is 0. The zero-order valence-electron chi connectivity index (χ0n) is 15.2. The van der Waals surface area contributed by atoms with Gasteiger partial charge in [-0.05, 0) is 26.7 Å². The number of ether oxygens (including phenoxy) is 4. The lowest BCUT2D eigenvalue weighted by Crippen LogP contribution is -2.22. The molecule has 0 aromatic carbocycles. The number of rotatable bonds is 13. The summed E-state index contributed by atoms with van der Waals surface area (Å²) < 4.78 is 19.5. The van der Waals surface area contributed by atoms with E-state index in [9.17, 15) is 19.2 Å². The standard InChI is InChI=1S/C17H28O8/c1-4-14(18)24-10-11-25-15(19)9-7-8-13(17(21)23-6-3)12-16(20)22-5-2/h13H,4-12H2,1-3H3. The number of hydrogen-bond donors (Lipinski definition) is 0. The van der Waals surface area contributed by atoms with E-state index in [0.717, 1.165) is 0 Å². The second-order valence-electron chi connectivity index (χ2n) is 5.14. The van der Waals surface area contributed by atoms with Crippen molar-refractivity contribution < 1.29 is 38.1 Å². The lowest BCUT2D eigenvalue weighted by atomic mass is 9.98. The van der Waals surface area contributed by atoms with Gasteiger partial charge in [0.1, 0.15) is 13.2 Å². The molecular weight excluding hydrogens is 332 g/mol. The highest BCUT2D eigenvalue weighted by atomic mass is 16.6. The van der Waals surface area contributed by atoms with Crippen LogP contribution in [0.3, 0.4) is 0 Å². The number of esters is 4. The molecular formula is C17H28O8. The molecule has 1 unspecified atom stereocenters. The van der Waals surface area contributed by atoms with E-state index < -0.39 is 23.8 Å². The quantitative estimate of drug-likeness (QED) is 0.278. The molecule has 0 amide bonds. The van der Waals surface area contributed by atoms with Gasteiger partial charge in [-0.1, -0.05) is 6.92 Å². The highest BCUT2D eigenvalue weighted by Gasteiger charge is 2.24. The maximum Gasteiger partial charge on any atom is 0.309 e. The second-order valence-corrected chi connectivity index (χ2v) is 5.14. The van der Waals surface area contributed by atoms with Crippen molar-refractivity contribution in [1.82, 2.24) is 0 Å². The van der Waals surface area contributed by atoms with Crippen LogP contribution >= 0.6 is 0 Å². The Labute approximate surface area is 148 Å². The molecule has 0 spiro atoms. The van der Waals surface area contributed by atoms with Crippen molar-refractivity contribution in [3.05, 3.63) is 0 Å². The first-order chi connectivity index (χ1) is 11.9. The molecule has 0 fully saturated rings. The molecule has 8 heteroatoms. The molecule has 144 valence electrons. The Kier molecular flexibility index (Phi) is 13.0. The highest BCUT2D eigenvalue weighted by Crippen LogP contribution is 2.16. The number of carbonyl (C=O) groups excluding carboxylic acids is 4. The van der Waals surface area contributed by atoms with Gasteiger partial charge in [0.25, 0.3) is 0 Å². The van der Waals surface area contributed by atoms with Crippen molar-refractivity contribution >= 4 is 23.9 Å². The van der Waals surface area contributed by atoms with E-state index >= 15 is 0 Å². The van der Waals surface area contributed by atoms with Gasteiger partial charge in [0, 0.05) is 12.8 Å². The van der Waals surface area contributed by atoms with Crippen molar-refractivity contribution in [3.8, 4) is 0 Å². The third kappa shape index (κ3) is 12.0. The fourth-order valence-corrected chi connectivity index (χ4v) is 1.96. The first-order valence-corrected chi connectivity index (χ1v) is 8.57. The van der Waals surface area contributed by atoms with Crippen LogP contribution in [0.4, 0.5) is 0 Å². The van der Waals surface area contributed by atoms with Gasteiger partial charge in [0.15, 0.2) is 0 Å². The summed E-state index contributed by atoms with van der Waals surface area (Å²) in [5.74, 6) is -2.40. The SMILES string of the molecule is CCOC(=O)CC(CCCC(=O)OCCOC(=O)CC)C(=O)OCC. The van der Waals surface area contributed by atoms with Gasteiger partial charge in [-0.3, -0.25) is 19.2 Å². The van der Waals surface area contributed by atoms with Crippen molar-refractivity contribution in [2.24, 2.45) is 5.92 Å². The molecule has 0 saturated carbocycles. The highest BCUT2D eigenvalue weighted by molar-refractivity contribution is 5.80. The van der Waals surface area contributed by atoms with Crippen LogP contribution in [0.5, 0.6) is 0 Å².